The minimum atomic E-state index is -1.03. The molecule has 3 aromatic rings. The summed E-state index contributed by atoms with van der Waals surface area (Å²) in [6.07, 6.45) is 5.37. The third kappa shape index (κ3) is 3.62. The second kappa shape index (κ2) is 7.62. The molecule has 0 radical (unpaired) electrons. The van der Waals surface area contributed by atoms with E-state index in [4.69, 9.17) is 5.11 Å². The van der Waals surface area contributed by atoms with E-state index in [1.54, 1.807) is 12.1 Å². The number of aryl methyl sites for hydroxylation is 1. The number of rotatable bonds is 5. The number of hydrogen-bond acceptors (Lipinski definition) is 2. The smallest absolute Gasteiger partial charge is 0.328 e. The summed E-state index contributed by atoms with van der Waals surface area (Å²) >= 11 is 0. The van der Waals surface area contributed by atoms with Crippen molar-refractivity contribution in [3.63, 3.8) is 0 Å². The van der Waals surface area contributed by atoms with Crippen LogP contribution in [0.3, 0.4) is 0 Å². The zero-order valence-electron chi connectivity index (χ0n) is 14.3. The monoisotopic (exact) mass is 342 g/mol. The van der Waals surface area contributed by atoms with Crippen LogP contribution in [0.15, 0.2) is 72.8 Å². The molecule has 1 N–H and O–H groups in total. The fourth-order valence-corrected chi connectivity index (χ4v) is 2.99. The highest BCUT2D eigenvalue weighted by Gasteiger charge is 2.11. The van der Waals surface area contributed by atoms with Crippen molar-refractivity contribution in [1.82, 2.24) is 0 Å². The summed E-state index contributed by atoms with van der Waals surface area (Å²) in [7, 11) is 0. The van der Waals surface area contributed by atoms with Crippen molar-refractivity contribution < 1.29 is 14.7 Å². The Labute approximate surface area is 151 Å². The van der Waals surface area contributed by atoms with Gasteiger partial charge in [0.15, 0.2) is 6.29 Å². The van der Waals surface area contributed by atoms with E-state index < -0.39 is 5.97 Å². The standard InChI is InChI=1S/C23H18O3/c1-16-6-2-3-8-18(16)14-19(12-13-22(25)26)23-20(15-24)11-10-17-7-4-5-9-21(17)23/h2-15H,1H3,(H,25,26)/b13-12+,19-14-. The molecule has 0 saturated carbocycles. The van der Waals surface area contributed by atoms with E-state index in [1.807, 2.05) is 67.6 Å². The number of aliphatic carboxylic acids is 1. The quantitative estimate of drug-likeness (QED) is 0.302. The fourth-order valence-electron chi connectivity index (χ4n) is 2.99. The Morgan fingerprint density at radius 1 is 0.885 bits per heavy atom. The van der Waals surface area contributed by atoms with Gasteiger partial charge < -0.3 is 5.11 Å². The lowest BCUT2D eigenvalue weighted by Crippen LogP contribution is -1.95. The van der Waals surface area contributed by atoms with Crippen molar-refractivity contribution in [2.45, 2.75) is 6.92 Å². The zero-order valence-corrected chi connectivity index (χ0v) is 14.3. The topological polar surface area (TPSA) is 54.4 Å². The van der Waals surface area contributed by atoms with Gasteiger partial charge in [0.2, 0.25) is 0 Å². The summed E-state index contributed by atoms with van der Waals surface area (Å²) in [6, 6.07) is 19.3. The summed E-state index contributed by atoms with van der Waals surface area (Å²) in [5.74, 6) is -1.03. The molecule has 0 heterocycles. The molecular formula is C23H18O3. The van der Waals surface area contributed by atoms with E-state index in [0.717, 1.165) is 39.8 Å². The van der Waals surface area contributed by atoms with E-state index in [-0.39, 0.29) is 0 Å². The van der Waals surface area contributed by atoms with Crippen LogP contribution in [0.2, 0.25) is 0 Å². The third-order valence-electron chi connectivity index (χ3n) is 4.28. The van der Waals surface area contributed by atoms with E-state index in [1.165, 1.54) is 0 Å². The van der Waals surface area contributed by atoms with Gasteiger partial charge in [-0.1, -0.05) is 60.7 Å². The Balaban J connectivity index is 2.32. The molecule has 3 aromatic carbocycles. The first-order valence-electron chi connectivity index (χ1n) is 8.26. The number of fused-ring (bicyclic) bond motifs is 1. The van der Waals surface area contributed by atoms with Crippen LogP contribution < -0.4 is 0 Å². The second-order valence-electron chi connectivity index (χ2n) is 6.00. The molecule has 0 spiro atoms. The number of carbonyl (C=O) groups is 2. The van der Waals surface area contributed by atoms with Gasteiger partial charge in [-0.2, -0.15) is 0 Å². The predicted molar refractivity (Wildman–Crippen MR) is 105 cm³/mol. The van der Waals surface area contributed by atoms with Crippen LogP contribution in [0.1, 0.15) is 27.0 Å². The maximum Gasteiger partial charge on any atom is 0.328 e. The van der Waals surface area contributed by atoms with E-state index in [0.29, 0.717) is 11.1 Å². The number of allylic oxidation sites excluding steroid dienone is 2. The average molecular weight is 342 g/mol. The lowest BCUT2D eigenvalue weighted by molar-refractivity contribution is -0.131. The van der Waals surface area contributed by atoms with Crippen molar-refractivity contribution >= 4 is 34.7 Å². The minimum absolute atomic E-state index is 0.526. The number of aldehydes is 1. The molecule has 0 bridgehead atoms. The third-order valence-corrected chi connectivity index (χ3v) is 4.28. The molecule has 0 aliphatic heterocycles. The Kier molecular flexibility index (Phi) is 5.09. The first kappa shape index (κ1) is 17.4. The number of carboxylic acids is 1. The van der Waals surface area contributed by atoms with Crippen LogP contribution in [0.25, 0.3) is 22.4 Å². The molecule has 128 valence electrons. The summed E-state index contributed by atoms with van der Waals surface area (Å²) in [6.45, 7) is 1.99. The van der Waals surface area contributed by atoms with Crippen LogP contribution in [0.5, 0.6) is 0 Å². The van der Waals surface area contributed by atoms with Gasteiger partial charge in [0.05, 0.1) is 0 Å². The molecule has 0 unspecified atom stereocenters. The van der Waals surface area contributed by atoms with Gasteiger partial charge in [-0.25, -0.2) is 4.79 Å². The molecule has 3 rings (SSSR count). The Bertz CT molecular complexity index is 1040. The van der Waals surface area contributed by atoms with Crippen LogP contribution in [-0.4, -0.2) is 17.4 Å². The van der Waals surface area contributed by atoms with Gasteiger partial charge in [0.25, 0.3) is 0 Å². The van der Waals surface area contributed by atoms with Crippen molar-refractivity contribution in [2.75, 3.05) is 0 Å². The van der Waals surface area contributed by atoms with E-state index in [2.05, 4.69) is 0 Å². The van der Waals surface area contributed by atoms with Crippen LogP contribution in [-0.2, 0) is 4.79 Å². The number of hydrogen-bond donors (Lipinski definition) is 1. The van der Waals surface area contributed by atoms with Crippen molar-refractivity contribution in [2.24, 2.45) is 0 Å². The van der Waals surface area contributed by atoms with Gasteiger partial charge in [-0.3, -0.25) is 4.79 Å². The molecule has 0 amide bonds. The number of carbonyl (C=O) groups excluding carboxylic acids is 1. The van der Waals surface area contributed by atoms with Gasteiger partial charge in [-0.05, 0) is 46.5 Å². The SMILES string of the molecule is Cc1ccccc1/C=C(/C=C/C(=O)O)c1c(C=O)ccc2ccccc12. The molecule has 0 saturated heterocycles. The zero-order chi connectivity index (χ0) is 18.5. The molecule has 0 aromatic heterocycles. The van der Waals surface area contributed by atoms with Crippen LogP contribution >= 0.6 is 0 Å². The predicted octanol–water partition coefficient (Wildman–Crippen LogP) is 5.14. The minimum Gasteiger partial charge on any atom is -0.478 e. The molecule has 0 aliphatic rings. The van der Waals surface area contributed by atoms with Crippen LogP contribution in [0, 0.1) is 6.92 Å². The fraction of sp³-hybridized carbons (Fsp3) is 0.0435. The average Bonchev–Trinajstić information content (AvgIpc) is 2.65. The van der Waals surface area contributed by atoms with Gasteiger partial charge in [-0.15, -0.1) is 0 Å². The molecule has 0 aliphatic carbocycles. The first-order chi connectivity index (χ1) is 12.6. The molecule has 0 atom stereocenters. The van der Waals surface area contributed by atoms with E-state index in [9.17, 15) is 9.59 Å². The largest absolute Gasteiger partial charge is 0.478 e. The lowest BCUT2D eigenvalue weighted by Gasteiger charge is -2.12. The Morgan fingerprint density at radius 3 is 2.35 bits per heavy atom. The highest BCUT2D eigenvalue weighted by molar-refractivity contribution is 6.07. The van der Waals surface area contributed by atoms with Crippen LogP contribution in [0.4, 0.5) is 0 Å². The molecule has 3 heteroatoms. The molecule has 3 nitrogen and oxygen atoms in total. The number of benzene rings is 3. The first-order valence-corrected chi connectivity index (χ1v) is 8.26. The normalized spacial score (nSPS) is 11.8. The highest BCUT2D eigenvalue weighted by Crippen LogP contribution is 2.31. The maximum atomic E-state index is 11.7. The second-order valence-corrected chi connectivity index (χ2v) is 6.00. The molecular weight excluding hydrogens is 324 g/mol. The number of carboxylic acid groups (broad SMARTS) is 1. The highest BCUT2D eigenvalue weighted by atomic mass is 16.4. The Hall–Kier alpha value is -3.46. The Morgan fingerprint density at radius 2 is 1.62 bits per heavy atom. The van der Waals surface area contributed by atoms with Gasteiger partial charge in [0, 0.05) is 17.2 Å². The lowest BCUT2D eigenvalue weighted by atomic mass is 9.91. The van der Waals surface area contributed by atoms with E-state index >= 15 is 0 Å². The summed E-state index contributed by atoms with van der Waals surface area (Å²) in [4.78, 5) is 22.8. The van der Waals surface area contributed by atoms with Gasteiger partial charge >= 0.3 is 5.97 Å². The van der Waals surface area contributed by atoms with Crippen molar-refractivity contribution in [3.8, 4) is 0 Å². The van der Waals surface area contributed by atoms with Crippen molar-refractivity contribution in [1.29, 1.82) is 0 Å². The molecule has 0 fully saturated rings. The molecule has 26 heavy (non-hydrogen) atoms. The summed E-state index contributed by atoms with van der Waals surface area (Å²) in [5.41, 5.74) is 3.99. The summed E-state index contributed by atoms with van der Waals surface area (Å²) in [5, 5.41) is 11.0. The maximum absolute atomic E-state index is 11.7. The van der Waals surface area contributed by atoms with Gasteiger partial charge in [0.1, 0.15) is 0 Å². The van der Waals surface area contributed by atoms with Crippen molar-refractivity contribution in [3.05, 3.63) is 95.1 Å². The summed E-state index contributed by atoms with van der Waals surface area (Å²) < 4.78 is 0.